The Bertz CT molecular complexity index is 1160. The third kappa shape index (κ3) is 5.30. The Balaban J connectivity index is 1.50. The summed E-state index contributed by atoms with van der Waals surface area (Å²) in [6.45, 7) is 1.83. The number of aromatic nitrogens is 3. The molecule has 0 aliphatic carbocycles. The van der Waals surface area contributed by atoms with E-state index >= 15 is 0 Å². The summed E-state index contributed by atoms with van der Waals surface area (Å²) in [5.74, 6) is 1.59. The number of piperidine rings is 1. The first-order chi connectivity index (χ1) is 16.6. The van der Waals surface area contributed by atoms with Crippen LogP contribution in [0.1, 0.15) is 25.7 Å². The zero-order chi connectivity index (χ0) is 23.9. The Morgan fingerprint density at radius 1 is 1.12 bits per heavy atom. The summed E-state index contributed by atoms with van der Waals surface area (Å²) >= 11 is 1.41. The number of carbonyl (C=O) groups is 1. The van der Waals surface area contributed by atoms with E-state index in [1.807, 2.05) is 28.8 Å². The molecule has 4 rings (SSSR count). The molecule has 34 heavy (non-hydrogen) atoms. The fourth-order valence-corrected chi connectivity index (χ4v) is 4.74. The second-order valence-corrected chi connectivity index (χ2v) is 8.82. The number of nitrogens with zero attached hydrogens (tertiary/aromatic N) is 5. The van der Waals surface area contributed by atoms with Crippen molar-refractivity contribution in [1.29, 1.82) is 0 Å². The molecule has 1 N–H and O–H groups in total. The highest BCUT2D eigenvalue weighted by molar-refractivity contribution is 7.99. The van der Waals surface area contributed by atoms with Gasteiger partial charge in [0, 0.05) is 31.3 Å². The third-order valence-electron chi connectivity index (χ3n) is 5.52. The maximum atomic E-state index is 12.5. The molecule has 1 aromatic heterocycles. The van der Waals surface area contributed by atoms with Crippen LogP contribution in [0.25, 0.3) is 5.69 Å². The quantitative estimate of drug-likeness (QED) is 0.273. The summed E-state index contributed by atoms with van der Waals surface area (Å²) < 4.78 is 7.56. The minimum Gasteiger partial charge on any atom is -0.495 e. The maximum absolute atomic E-state index is 12.5. The van der Waals surface area contributed by atoms with Crippen molar-refractivity contribution in [2.24, 2.45) is 0 Å². The van der Waals surface area contributed by atoms with Crippen LogP contribution in [0.5, 0.6) is 5.75 Å². The van der Waals surface area contributed by atoms with Crippen LogP contribution in [0.4, 0.5) is 17.3 Å². The molecule has 0 atom stereocenters. The number of para-hydroxylation sites is 4. The van der Waals surface area contributed by atoms with Crippen molar-refractivity contribution in [2.75, 3.05) is 36.2 Å². The number of nitrogens with one attached hydrogen (secondary N) is 1. The molecule has 2 heterocycles. The molecule has 1 saturated heterocycles. The Labute approximate surface area is 201 Å². The third-order valence-corrected chi connectivity index (χ3v) is 6.45. The van der Waals surface area contributed by atoms with Gasteiger partial charge in [-0.15, -0.1) is 10.2 Å². The minimum atomic E-state index is -0.512. The standard InChI is InChI=1S/C23H26N6O4S/c1-33-20-12-6-5-11-19(20)28-22(27-14-7-2-8-15-27)25-26-23(28)34-16-13-21(30)24-17-9-3-4-10-18(17)29(31)32/h3-6,9-12H,2,7-8,13-16H2,1H3,(H,24,30). The number of carbonyl (C=O) groups excluding carboxylic acids is 1. The van der Waals surface area contributed by atoms with Crippen LogP contribution in [0, 0.1) is 10.1 Å². The Morgan fingerprint density at radius 3 is 2.62 bits per heavy atom. The number of benzene rings is 2. The number of methoxy groups -OCH3 is 1. The fraction of sp³-hybridized carbons (Fsp3) is 0.348. The van der Waals surface area contributed by atoms with Crippen molar-refractivity contribution >= 4 is 35.0 Å². The van der Waals surface area contributed by atoms with Gasteiger partial charge in [0.25, 0.3) is 5.69 Å². The molecule has 3 aromatic rings. The smallest absolute Gasteiger partial charge is 0.292 e. The average molecular weight is 483 g/mol. The van der Waals surface area contributed by atoms with Gasteiger partial charge < -0.3 is 15.0 Å². The molecular weight excluding hydrogens is 456 g/mol. The van der Waals surface area contributed by atoms with Gasteiger partial charge >= 0.3 is 0 Å². The van der Waals surface area contributed by atoms with Gasteiger partial charge in [-0.05, 0) is 37.5 Å². The predicted molar refractivity (Wildman–Crippen MR) is 131 cm³/mol. The zero-order valence-electron chi connectivity index (χ0n) is 18.8. The number of anilines is 2. The molecule has 0 radical (unpaired) electrons. The lowest BCUT2D eigenvalue weighted by molar-refractivity contribution is -0.383. The van der Waals surface area contributed by atoms with Crippen LogP contribution >= 0.6 is 11.8 Å². The van der Waals surface area contributed by atoms with Gasteiger partial charge in [0.05, 0.1) is 17.7 Å². The number of thioether (sulfide) groups is 1. The van der Waals surface area contributed by atoms with Crippen LogP contribution in [0.15, 0.2) is 53.7 Å². The molecule has 11 heteroatoms. The van der Waals surface area contributed by atoms with Gasteiger partial charge in [0.2, 0.25) is 11.9 Å². The molecule has 1 aliphatic rings. The normalized spacial score (nSPS) is 13.5. The van der Waals surface area contributed by atoms with Crippen molar-refractivity contribution in [3.8, 4) is 11.4 Å². The van der Waals surface area contributed by atoms with Crippen LogP contribution in [-0.4, -0.2) is 51.5 Å². The van der Waals surface area contributed by atoms with Crippen LogP contribution in [0.2, 0.25) is 0 Å². The highest BCUT2D eigenvalue weighted by Crippen LogP contribution is 2.33. The molecule has 0 bridgehead atoms. The molecule has 1 fully saturated rings. The van der Waals surface area contributed by atoms with E-state index in [1.165, 1.54) is 30.3 Å². The monoisotopic (exact) mass is 482 g/mol. The number of ether oxygens (including phenoxy) is 1. The first kappa shape index (κ1) is 23.6. The van der Waals surface area contributed by atoms with Crippen molar-refractivity contribution in [3.05, 3.63) is 58.6 Å². The van der Waals surface area contributed by atoms with E-state index in [1.54, 1.807) is 19.2 Å². The van der Waals surface area contributed by atoms with E-state index in [-0.39, 0.29) is 23.7 Å². The van der Waals surface area contributed by atoms with E-state index in [0.717, 1.165) is 37.6 Å². The summed E-state index contributed by atoms with van der Waals surface area (Å²) in [4.78, 5) is 25.4. The number of nitro benzene ring substituents is 1. The summed E-state index contributed by atoms with van der Waals surface area (Å²) in [6, 6.07) is 13.8. The van der Waals surface area contributed by atoms with Crippen molar-refractivity contribution in [2.45, 2.75) is 30.8 Å². The minimum absolute atomic E-state index is 0.134. The molecule has 0 saturated carbocycles. The topological polar surface area (TPSA) is 115 Å². The molecule has 178 valence electrons. The van der Waals surface area contributed by atoms with Crippen molar-refractivity contribution < 1.29 is 14.5 Å². The van der Waals surface area contributed by atoms with E-state index in [9.17, 15) is 14.9 Å². The number of hydrogen-bond donors (Lipinski definition) is 1. The summed E-state index contributed by atoms with van der Waals surface area (Å²) in [5.41, 5.74) is 0.889. The summed E-state index contributed by atoms with van der Waals surface area (Å²) in [6.07, 6.45) is 3.57. The number of amides is 1. The summed E-state index contributed by atoms with van der Waals surface area (Å²) in [5, 5.41) is 23.4. The maximum Gasteiger partial charge on any atom is 0.292 e. The zero-order valence-corrected chi connectivity index (χ0v) is 19.7. The number of rotatable bonds is 9. The number of hydrogen-bond acceptors (Lipinski definition) is 8. The molecule has 0 unspecified atom stereocenters. The lowest BCUT2D eigenvalue weighted by atomic mass is 10.1. The van der Waals surface area contributed by atoms with Gasteiger partial charge in [-0.2, -0.15) is 0 Å². The molecule has 1 aliphatic heterocycles. The largest absolute Gasteiger partial charge is 0.495 e. The van der Waals surface area contributed by atoms with Gasteiger partial charge in [0.1, 0.15) is 11.4 Å². The first-order valence-corrected chi connectivity index (χ1v) is 12.1. The fourth-order valence-electron chi connectivity index (χ4n) is 3.87. The molecule has 0 spiro atoms. The van der Waals surface area contributed by atoms with Crippen molar-refractivity contribution in [1.82, 2.24) is 14.8 Å². The van der Waals surface area contributed by atoms with E-state index in [4.69, 9.17) is 4.74 Å². The van der Waals surface area contributed by atoms with E-state index in [0.29, 0.717) is 16.7 Å². The second-order valence-electron chi connectivity index (χ2n) is 7.76. The highest BCUT2D eigenvalue weighted by Gasteiger charge is 2.23. The van der Waals surface area contributed by atoms with Crippen LogP contribution in [-0.2, 0) is 4.79 Å². The Kier molecular flexibility index (Phi) is 7.63. The average Bonchev–Trinajstić information content (AvgIpc) is 3.28. The molecule has 1 amide bonds. The van der Waals surface area contributed by atoms with Gasteiger partial charge in [-0.25, -0.2) is 0 Å². The van der Waals surface area contributed by atoms with Crippen LogP contribution in [0.3, 0.4) is 0 Å². The predicted octanol–water partition coefficient (Wildman–Crippen LogP) is 4.30. The van der Waals surface area contributed by atoms with Gasteiger partial charge in [-0.3, -0.25) is 19.5 Å². The highest BCUT2D eigenvalue weighted by atomic mass is 32.2. The summed E-state index contributed by atoms with van der Waals surface area (Å²) in [7, 11) is 1.63. The van der Waals surface area contributed by atoms with Crippen molar-refractivity contribution in [3.63, 3.8) is 0 Å². The van der Waals surface area contributed by atoms with Gasteiger partial charge in [0.15, 0.2) is 5.16 Å². The first-order valence-electron chi connectivity index (χ1n) is 11.1. The Morgan fingerprint density at radius 2 is 1.85 bits per heavy atom. The van der Waals surface area contributed by atoms with Gasteiger partial charge in [-0.1, -0.05) is 36.0 Å². The SMILES string of the molecule is COc1ccccc1-n1c(SCCC(=O)Nc2ccccc2[N+](=O)[O-])nnc1N1CCCCC1. The molecule has 10 nitrogen and oxygen atoms in total. The van der Waals surface area contributed by atoms with Crippen LogP contribution < -0.4 is 15.0 Å². The second kappa shape index (κ2) is 11.0. The lowest BCUT2D eigenvalue weighted by Crippen LogP contribution is -2.31. The molecule has 2 aromatic carbocycles. The van der Waals surface area contributed by atoms with E-state index < -0.39 is 4.92 Å². The Hall–Kier alpha value is -3.60. The number of nitro groups is 1. The van der Waals surface area contributed by atoms with E-state index in [2.05, 4.69) is 20.4 Å². The molecular formula is C23H26N6O4S. The lowest BCUT2D eigenvalue weighted by Gasteiger charge is -2.28.